The average Bonchev–Trinajstić information content (AvgIpc) is 3.11. The number of aromatic hydroxyl groups is 1. The third-order valence-electron chi connectivity index (χ3n) is 5.96. The van der Waals surface area contributed by atoms with Gasteiger partial charge in [-0.05, 0) is 48.4 Å². The summed E-state index contributed by atoms with van der Waals surface area (Å²) in [6.07, 6.45) is 2.82. The summed E-state index contributed by atoms with van der Waals surface area (Å²) in [5, 5.41) is 31.5. The first-order valence-electron chi connectivity index (χ1n) is 9.43. The summed E-state index contributed by atoms with van der Waals surface area (Å²) in [4.78, 5) is 6.35. The van der Waals surface area contributed by atoms with Crippen LogP contribution in [0.15, 0.2) is 42.6 Å². The van der Waals surface area contributed by atoms with Gasteiger partial charge in [0.05, 0.1) is 17.5 Å². The van der Waals surface area contributed by atoms with Gasteiger partial charge in [-0.2, -0.15) is 0 Å². The van der Waals surface area contributed by atoms with Crippen LogP contribution in [0.25, 0.3) is 0 Å². The lowest BCUT2D eigenvalue weighted by Gasteiger charge is -2.27. The van der Waals surface area contributed by atoms with Gasteiger partial charge in [-0.15, -0.1) is 0 Å². The van der Waals surface area contributed by atoms with E-state index in [1.807, 2.05) is 24.3 Å². The molecule has 3 N–H and O–H groups in total. The van der Waals surface area contributed by atoms with Crippen molar-refractivity contribution in [3.05, 3.63) is 58.9 Å². The molecule has 1 saturated carbocycles. The lowest BCUT2D eigenvalue weighted by atomic mass is 9.91. The van der Waals surface area contributed by atoms with E-state index < -0.39 is 11.7 Å². The van der Waals surface area contributed by atoms with Crippen LogP contribution < -0.4 is 0 Å². The fourth-order valence-electron chi connectivity index (χ4n) is 4.78. The Bertz CT molecular complexity index is 784. The van der Waals surface area contributed by atoms with Crippen LogP contribution in [0.1, 0.15) is 30.2 Å². The highest BCUT2D eigenvalue weighted by molar-refractivity contribution is 6.31. The van der Waals surface area contributed by atoms with Gasteiger partial charge in [0.2, 0.25) is 0 Å². The number of hydrogen-bond donors (Lipinski definition) is 3. The SMILES string of the molecule is Oc1ccc([C@H](O)CN2C[C@@H]3CC(O)(Cc4ccccc4Cl)C[C@H]3C2)nc1. The summed E-state index contributed by atoms with van der Waals surface area (Å²) >= 11 is 6.27. The van der Waals surface area contributed by atoms with Crippen LogP contribution in [0, 0.1) is 11.8 Å². The molecule has 1 aliphatic carbocycles. The topological polar surface area (TPSA) is 76.8 Å². The van der Waals surface area contributed by atoms with E-state index in [0.717, 1.165) is 31.5 Å². The van der Waals surface area contributed by atoms with Crippen molar-refractivity contribution in [2.24, 2.45) is 11.8 Å². The molecular formula is C21H25ClN2O3. The molecule has 0 unspecified atom stereocenters. The average molecular weight is 389 g/mol. The molecular weight excluding hydrogens is 364 g/mol. The lowest BCUT2D eigenvalue weighted by Crippen LogP contribution is -2.33. The molecule has 2 heterocycles. The van der Waals surface area contributed by atoms with E-state index >= 15 is 0 Å². The Hall–Kier alpha value is -1.66. The fraction of sp³-hybridized carbons (Fsp3) is 0.476. The van der Waals surface area contributed by atoms with Gasteiger partial charge in [0.1, 0.15) is 11.9 Å². The molecule has 27 heavy (non-hydrogen) atoms. The molecule has 144 valence electrons. The van der Waals surface area contributed by atoms with Gasteiger partial charge in [0, 0.05) is 31.1 Å². The van der Waals surface area contributed by atoms with Gasteiger partial charge in [-0.1, -0.05) is 29.8 Å². The van der Waals surface area contributed by atoms with E-state index in [0.29, 0.717) is 35.5 Å². The van der Waals surface area contributed by atoms with Gasteiger partial charge in [-0.25, -0.2) is 0 Å². The van der Waals surface area contributed by atoms with Crippen LogP contribution in [0.3, 0.4) is 0 Å². The number of aliphatic hydroxyl groups is 2. The van der Waals surface area contributed by atoms with Crippen molar-refractivity contribution in [1.82, 2.24) is 9.88 Å². The zero-order valence-corrected chi connectivity index (χ0v) is 15.9. The summed E-state index contributed by atoms with van der Waals surface area (Å²) in [5.74, 6) is 0.981. The summed E-state index contributed by atoms with van der Waals surface area (Å²) in [7, 11) is 0. The van der Waals surface area contributed by atoms with Gasteiger partial charge < -0.3 is 15.3 Å². The summed E-state index contributed by atoms with van der Waals surface area (Å²) in [6, 6.07) is 10.9. The van der Waals surface area contributed by atoms with Crippen molar-refractivity contribution in [1.29, 1.82) is 0 Å². The number of benzene rings is 1. The minimum atomic E-state index is -0.691. The molecule has 1 saturated heterocycles. The van der Waals surface area contributed by atoms with Gasteiger partial charge in [0.25, 0.3) is 0 Å². The maximum atomic E-state index is 11.1. The molecule has 2 aliphatic rings. The summed E-state index contributed by atoms with van der Waals surface area (Å²) < 4.78 is 0. The number of aliphatic hydroxyl groups excluding tert-OH is 1. The molecule has 6 heteroatoms. The highest BCUT2D eigenvalue weighted by Crippen LogP contribution is 2.46. The first-order valence-corrected chi connectivity index (χ1v) is 9.81. The van der Waals surface area contributed by atoms with Crippen molar-refractivity contribution >= 4 is 11.6 Å². The maximum Gasteiger partial charge on any atom is 0.133 e. The zero-order valence-electron chi connectivity index (χ0n) is 15.1. The van der Waals surface area contributed by atoms with E-state index in [1.54, 1.807) is 12.1 Å². The number of rotatable bonds is 5. The number of pyridine rings is 1. The van der Waals surface area contributed by atoms with E-state index in [4.69, 9.17) is 11.6 Å². The monoisotopic (exact) mass is 388 g/mol. The Labute approximate surface area is 164 Å². The predicted molar refractivity (Wildman–Crippen MR) is 104 cm³/mol. The number of fused-ring (bicyclic) bond motifs is 1. The van der Waals surface area contributed by atoms with Crippen molar-refractivity contribution in [2.75, 3.05) is 19.6 Å². The normalized spacial score (nSPS) is 25.4. The Morgan fingerprint density at radius 1 is 1.15 bits per heavy atom. The number of halogens is 1. The smallest absolute Gasteiger partial charge is 0.133 e. The Kier molecular flexibility index (Phi) is 5.12. The zero-order chi connectivity index (χ0) is 19.0. The second-order valence-electron chi connectivity index (χ2n) is 8.10. The number of hydrogen-bond acceptors (Lipinski definition) is 5. The molecule has 0 bridgehead atoms. The molecule has 1 aliphatic heterocycles. The Morgan fingerprint density at radius 3 is 2.48 bits per heavy atom. The number of aromatic nitrogens is 1. The molecule has 3 atom stereocenters. The number of β-amino-alcohol motifs (C(OH)–C–C–N with tert-alkyl or cyclic N) is 1. The first kappa shape index (κ1) is 18.7. The van der Waals surface area contributed by atoms with Crippen molar-refractivity contribution in [3.63, 3.8) is 0 Å². The second-order valence-corrected chi connectivity index (χ2v) is 8.50. The highest BCUT2D eigenvalue weighted by Gasteiger charge is 2.48. The van der Waals surface area contributed by atoms with Crippen molar-refractivity contribution < 1.29 is 15.3 Å². The maximum absolute atomic E-state index is 11.1. The fourth-order valence-corrected chi connectivity index (χ4v) is 4.98. The number of likely N-dealkylation sites (tertiary alicyclic amines) is 1. The molecule has 0 amide bonds. The molecule has 0 spiro atoms. The van der Waals surface area contributed by atoms with E-state index in [2.05, 4.69) is 9.88 Å². The molecule has 5 nitrogen and oxygen atoms in total. The van der Waals surface area contributed by atoms with Gasteiger partial charge in [-0.3, -0.25) is 9.88 Å². The summed E-state index contributed by atoms with van der Waals surface area (Å²) in [6.45, 7) is 2.28. The van der Waals surface area contributed by atoms with Crippen LogP contribution in [0.5, 0.6) is 5.75 Å². The van der Waals surface area contributed by atoms with Crippen LogP contribution in [0.4, 0.5) is 0 Å². The van der Waals surface area contributed by atoms with Crippen LogP contribution in [0.2, 0.25) is 5.02 Å². The van der Waals surface area contributed by atoms with E-state index in [-0.39, 0.29) is 5.75 Å². The van der Waals surface area contributed by atoms with Crippen LogP contribution in [-0.2, 0) is 6.42 Å². The van der Waals surface area contributed by atoms with Gasteiger partial charge in [0.15, 0.2) is 0 Å². The van der Waals surface area contributed by atoms with Crippen LogP contribution >= 0.6 is 11.6 Å². The molecule has 4 rings (SSSR count). The largest absolute Gasteiger partial charge is 0.506 e. The first-order chi connectivity index (χ1) is 12.9. The van der Waals surface area contributed by atoms with E-state index in [9.17, 15) is 15.3 Å². The second kappa shape index (κ2) is 7.40. The summed E-state index contributed by atoms with van der Waals surface area (Å²) in [5.41, 5.74) is 0.885. The molecule has 2 fully saturated rings. The minimum absolute atomic E-state index is 0.0967. The number of nitrogens with zero attached hydrogens (tertiary/aromatic N) is 2. The Morgan fingerprint density at radius 2 is 1.85 bits per heavy atom. The van der Waals surface area contributed by atoms with Gasteiger partial charge >= 0.3 is 0 Å². The molecule has 0 radical (unpaired) electrons. The van der Waals surface area contributed by atoms with Crippen LogP contribution in [-0.4, -0.2) is 50.4 Å². The van der Waals surface area contributed by atoms with Crippen molar-refractivity contribution in [2.45, 2.75) is 31.0 Å². The van der Waals surface area contributed by atoms with Crippen molar-refractivity contribution in [3.8, 4) is 5.75 Å². The highest BCUT2D eigenvalue weighted by atomic mass is 35.5. The standard InChI is InChI=1S/C21H25ClN2O3/c22-18-4-2-1-3-14(18)7-21(27)8-15-11-24(12-16(15)9-21)13-20(26)19-6-5-17(25)10-23-19/h1-6,10,15-16,20,25-27H,7-9,11-13H2/t15-,16-,20+/m0/s1. The quantitative estimate of drug-likeness (QED) is 0.734. The predicted octanol–water partition coefficient (Wildman–Crippen LogP) is 2.79. The molecule has 2 aromatic rings. The molecule has 1 aromatic heterocycles. The minimum Gasteiger partial charge on any atom is -0.506 e. The third-order valence-corrected chi connectivity index (χ3v) is 6.33. The van der Waals surface area contributed by atoms with E-state index in [1.165, 1.54) is 6.20 Å². The lowest BCUT2D eigenvalue weighted by molar-refractivity contribution is 0.0327. The Balaban J connectivity index is 1.34. The molecule has 1 aromatic carbocycles. The third kappa shape index (κ3) is 4.11.